The van der Waals surface area contributed by atoms with Crippen molar-refractivity contribution in [2.24, 2.45) is 5.92 Å². The van der Waals surface area contributed by atoms with Gasteiger partial charge in [0, 0.05) is 18.7 Å². The van der Waals surface area contributed by atoms with Crippen molar-refractivity contribution in [1.82, 2.24) is 21.1 Å². The molecule has 0 bridgehead atoms. The topological polar surface area (TPSA) is 65.6 Å². The molecule has 154 valence electrons. The maximum atomic E-state index is 13.1. The van der Waals surface area contributed by atoms with Gasteiger partial charge in [-0.25, -0.2) is 5.43 Å². The number of benzene rings is 2. The monoisotopic (exact) mass is 394 g/mol. The van der Waals surface area contributed by atoms with Crippen molar-refractivity contribution in [2.45, 2.75) is 24.9 Å². The van der Waals surface area contributed by atoms with Gasteiger partial charge in [0.05, 0.1) is 25.1 Å². The Morgan fingerprint density at radius 2 is 1.86 bits per heavy atom. The standard InChI is InChI=1S/C23H30N4O2/c1-29-21-12-6-5-11-18(21)20(27-13-7-8-14-27)16-24-23(28)19-15-25-26-22(19)17-9-3-2-4-10-17/h2-6,9-12,19-20,22,25-26H,7-8,13-16H2,1H3,(H,24,28). The molecular weight excluding hydrogens is 364 g/mol. The highest BCUT2D eigenvalue weighted by Crippen LogP contribution is 2.31. The lowest BCUT2D eigenvalue weighted by Crippen LogP contribution is -2.41. The largest absolute Gasteiger partial charge is 0.496 e. The molecule has 6 heteroatoms. The first-order valence-electron chi connectivity index (χ1n) is 10.5. The summed E-state index contributed by atoms with van der Waals surface area (Å²) in [4.78, 5) is 15.5. The normalized spacial score (nSPS) is 23.1. The molecule has 4 rings (SSSR count). The minimum atomic E-state index is -0.144. The predicted molar refractivity (Wildman–Crippen MR) is 113 cm³/mol. The van der Waals surface area contributed by atoms with Crippen LogP contribution >= 0.6 is 0 Å². The average Bonchev–Trinajstić information content (AvgIpc) is 3.47. The summed E-state index contributed by atoms with van der Waals surface area (Å²) in [6.07, 6.45) is 2.40. The first-order chi connectivity index (χ1) is 14.3. The summed E-state index contributed by atoms with van der Waals surface area (Å²) in [5.41, 5.74) is 8.67. The summed E-state index contributed by atoms with van der Waals surface area (Å²) in [6, 6.07) is 18.4. The second kappa shape index (κ2) is 9.39. The van der Waals surface area contributed by atoms with E-state index in [1.807, 2.05) is 36.4 Å². The van der Waals surface area contributed by atoms with Crippen LogP contribution in [-0.4, -0.2) is 44.1 Å². The minimum absolute atomic E-state index is 0.0206. The van der Waals surface area contributed by atoms with Gasteiger partial charge in [-0.3, -0.25) is 15.1 Å². The molecule has 2 saturated heterocycles. The number of carbonyl (C=O) groups is 1. The molecule has 2 aromatic rings. The summed E-state index contributed by atoms with van der Waals surface area (Å²) >= 11 is 0. The Hall–Kier alpha value is -2.41. The zero-order valence-corrected chi connectivity index (χ0v) is 16.9. The summed E-state index contributed by atoms with van der Waals surface area (Å²) < 4.78 is 5.61. The Labute approximate surface area is 172 Å². The van der Waals surface area contributed by atoms with E-state index in [9.17, 15) is 4.79 Å². The molecule has 0 radical (unpaired) electrons. The number of carbonyl (C=O) groups excluding carboxylic acids is 1. The van der Waals surface area contributed by atoms with Crippen LogP contribution in [0, 0.1) is 5.92 Å². The third-order valence-corrected chi connectivity index (χ3v) is 6.03. The number of methoxy groups -OCH3 is 1. The average molecular weight is 395 g/mol. The van der Waals surface area contributed by atoms with E-state index in [4.69, 9.17) is 4.74 Å². The van der Waals surface area contributed by atoms with Crippen LogP contribution in [0.4, 0.5) is 0 Å². The lowest BCUT2D eigenvalue weighted by molar-refractivity contribution is -0.125. The molecule has 2 heterocycles. The number of ether oxygens (including phenoxy) is 1. The molecule has 2 fully saturated rings. The Morgan fingerprint density at radius 3 is 2.62 bits per heavy atom. The van der Waals surface area contributed by atoms with Gasteiger partial charge in [-0.15, -0.1) is 0 Å². The Kier molecular flexibility index (Phi) is 6.44. The van der Waals surface area contributed by atoms with Crippen molar-refractivity contribution in [3.8, 4) is 5.75 Å². The molecule has 0 spiro atoms. The lowest BCUT2D eigenvalue weighted by Gasteiger charge is -2.30. The molecule has 0 saturated carbocycles. The van der Waals surface area contributed by atoms with Crippen molar-refractivity contribution in [2.75, 3.05) is 33.3 Å². The van der Waals surface area contributed by atoms with Crippen LogP contribution in [0.15, 0.2) is 54.6 Å². The van der Waals surface area contributed by atoms with Crippen LogP contribution in [0.2, 0.25) is 0 Å². The molecule has 3 atom stereocenters. The van der Waals surface area contributed by atoms with E-state index in [0.29, 0.717) is 13.1 Å². The molecule has 2 aliphatic rings. The third-order valence-electron chi connectivity index (χ3n) is 6.03. The van der Waals surface area contributed by atoms with Crippen LogP contribution in [-0.2, 0) is 4.79 Å². The zero-order chi connectivity index (χ0) is 20.1. The second-order valence-corrected chi connectivity index (χ2v) is 7.77. The molecule has 6 nitrogen and oxygen atoms in total. The molecule has 1 amide bonds. The van der Waals surface area contributed by atoms with E-state index in [0.717, 1.165) is 30.0 Å². The van der Waals surface area contributed by atoms with Crippen molar-refractivity contribution >= 4 is 5.91 Å². The van der Waals surface area contributed by atoms with Gasteiger partial charge in [0.25, 0.3) is 0 Å². The van der Waals surface area contributed by atoms with Gasteiger partial charge in [0.15, 0.2) is 0 Å². The summed E-state index contributed by atoms with van der Waals surface area (Å²) in [5, 5.41) is 3.23. The van der Waals surface area contributed by atoms with Crippen LogP contribution in [0.5, 0.6) is 5.75 Å². The van der Waals surface area contributed by atoms with Gasteiger partial charge in [0.1, 0.15) is 5.75 Å². The number of hydrazine groups is 1. The SMILES string of the molecule is COc1ccccc1C(CNC(=O)C1CNNC1c1ccccc1)N1CCCC1. The van der Waals surface area contributed by atoms with E-state index in [1.165, 1.54) is 12.8 Å². The number of nitrogens with zero attached hydrogens (tertiary/aromatic N) is 1. The number of nitrogens with one attached hydrogen (secondary N) is 3. The molecule has 3 N–H and O–H groups in total. The first kappa shape index (κ1) is 19.9. The van der Waals surface area contributed by atoms with Crippen LogP contribution in [0.25, 0.3) is 0 Å². The van der Waals surface area contributed by atoms with Gasteiger partial charge in [-0.05, 0) is 37.6 Å². The number of hydrogen-bond donors (Lipinski definition) is 3. The molecule has 3 unspecified atom stereocenters. The highest BCUT2D eigenvalue weighted by molar-refractivity contribution is 5.80. The van der Waals surface area contributed by atoms with E-state index < -0.39 is 0 Å². The summed E-state index contributed by atoms with van der Waals surface area (Å²) in [5.74, 6) is 0.815. The first-order valence-corrected chi connectivity index (χ1v) is 10.5. The van der Waals surface area contributed by atoms with Gasteiger partial charge in [-0.1, -0.05) is 48.5 Å². The van der Waals surface area contributed by atoms with Gasteiger partial charge < -0.3 is 10.1 Å². The van der Waals surface area contributed by atoms with Gasteiger partial charge in [0.2, 0.25) is 5.91 Å². The molecular formula is C23H30N4O2. The fraction of sp³-hybridized carbons (Fsp3) is 0.435. The molecule has 29 heavy (non-hydrogen) atoms. The van der Waals surface area contributed by atoms with Crippen molar-refractivity contribution < 1.29 is 9.53 Å². The Bertz CT molecular complexity index is 808. The van der Waals surface area contributed by atoms with Crippen molar-refractivity contribution in [3.63, 3.8) is 0 Å². The van der Waals surface area contributed by atoms with E-state index in [1.54, 1.807) is 7.11 Å². The van der Waals surface area contributed by atoms with Gasteiger partial charge in [-0.2, -0.15) is 0 Å². The second-order valence-electron chi connectivity index (χ2n) is 7.77. The van der Waals surface area contributed by atoms with E-state index in [-0.39, 0.29) is 23.9 Å². The Balaban J connectivity index is 1.47. The summed E-state index contributed by atoms with van der Waals surface area (Å²) in [7, 11) is 1.71. The predicted octanol–water partition coefficient (Wildman–Crippen LogP) is 2.41. The van der Waals surface area contributed by atoms with Crippen LogP contribution in [0.1, 0.15) is 36.1 Å². The van der Waals surface area contributed by atoms with Crippen LogP contribution in [0.3, 0.4) is 0 Å². The molecule has 0 aliphatic carbocycles. The molecule has 2 aliphatic heterocycles. The number of hydrogen-bond acceptors (Lipinski definition) is 5. The lowest BCUT2D eigenvalue weighted by atomic mass is 9.94. The maximum Gasteiger partial charge on any atom is 0.226 e. The third kappa shape index (κ3) is 4.45. The number of likely N-dealkylation sites (tertiary alicyclic amines) is 1. The number of rotatable bonds is 7. The van der Waals surface area contributed by atoms with E-state index in [2.05, 4.69) is 39.3 Å². The molecule has 2 aromatic carbocycles. The smallest absolute Gasteiger partial charge is 0.226 e. The highest BCUT2D eigenvalue weighted by atomic mass is 16.5. The van der Waals surface area contributed by atoms with Crippen molar-refractivity contribution in [3.05, 3.63) is 65.7 Å². The Morgan fingerprint density at radius 1 is 1.14 bits per heavy atom. The van der Waals surface area contributed by atoms with Crippen LogP contribution < -0.4 is 20.9 Å². The maximum absolute atomic E-state index is 13.1. The number of amides is 1. The fourth-order valence-electron chi connectivity index (χ4n) is 4.48. The summed E-state index contributed by atoms with van der Waals surface area (Å²) in [6.45, 7) is 3.31. The fourth-order valence-corrected chi connectivity index (χ4v) is 4.48. The van der Waals surface area contributed by atoms with Crippen molar-refractivity contribution in [1.29, 1.82) is 0 Å². The minimum Gasteiger partial charge on any atom is -0.496 e. The zero-order valence-electron chi connectivity index (χ0n) is 16.9. The van der Waals surface area contributed by atoms with Gasteiger partial charge >= 0.3 is 0 Å². The number of para-hydroxylation sites is 1. The quantitative estimate of drug-likeness (QED) is 0.673. The molecule has 0 aromatic heterocycles. The van der Waals surface area contributed by atoms with E-state index >= 15 is 0 Å². The highest BCUT2D eigenvalue weighted by Gasteiger charge is 2.35.